The van der Waals surface area contributed by atoms with Gasteiger partial charge in [0.25, 0.3) is 0 Å². The molecule has 0 aromatic rings. The standard InChI is InChI=1S/C13H26N2O3/c1-13(2)9-10(6-8-18-13)15-12(16)11(14)5-4-7-17-3/h10-11H,4-9,14H2,1-3H3,(H,15,16). The minimum absolute atomic E-state index is 0.0613. The first-order valence-electron chi connectivity index (χ1n) is 6.63. The summed E-state index contributed by atoms with van der Waals surface area (Å²) in [6.45, 7) is 5.43. The van der Waals surface area contributed by atoms with Gasteiger partial charge in [-0.25, -0.2) is 0 Å². The van der Waals surface area contributed by atoms with Crippen LogP contribution in [0.4, 0.5) is 0 Å². The summed E-state index contributed by atoms with van der Waals surface area (Å²) in [5.74, 6) is -0.0613. The fourth-order valence-corrected chi connectivity index (χ4v) is 2.24. The third-order valence-electron chi connectivity index (χ3n) is 3.24. The van der Waals surface area contributed by atoms with Crippen molar-refractivity contribution >= 4 is 5.91 Å². The highest BCUT2D eigenvalue weighted by Crippen LogP contribution is 2.23. The van der Waals surface area contributed by atoms with Crippen molar-refractivity contribution in [3.8, 4) is 0 Å². The van der Waals surface area contributed by atoms with Crippen LogP contribution in [0.25, 0.3) is 0 Å². The first-order valence-corrected chi connectivity index (χ1v) is 6.63. The molecule has 1 amide bonds. The van der Waals surface area contributed by atoms with Gasteiger partial charge in [-0.2, -0.15) is 0 Å². The van der Waals surface area contributed by atoms with E-state index in [0.717, 1.165) is 19.3 Å². The van der Waals surface area contributed by atoms with Gasteiger partial charge in [0.2, 0.25) is 5.91 Å². The van der Waals surface area contributed by atoms with Crippen LogP contribution in [0, 0.1) is 0 Å². The van der Waals surface area contributed by atoms with Crippen LogP contribution in [-0.2, 0) is 14.3 Å². The van der Waals surface area contributed by atoms with E-state index < -0.39 is 6.04 Å². The van der Waals surface area contributed by atoms with Crippen molar-refractivity contribution in [1.82, 2.24) is 5.32 Å². The van der Waals surface area contributed by atoms with E-state index in [9.17, 15) is 4.79 Å². The molecule has 0 aliphatic carbocycles. The van der Waals surface area contributed by atoms with Crippen molar-refractivity contribution in [2.24, 2.45) is 5.73 Å². The molecule has 5 heteroatoms. The Morgan fingerprint density at radius 2 is 2.33 bits per heavy atom. The zero-order valence-electron chi connectivity index (χ0n) is 11.7. The van der Waals surface area contributed by atoms with Crippen LogP contribution < -0.4 is 11.1 Å². The Balaban J connectivity index is 2.30. The average Bonchev–Trinajstić information content (AvgIpc) is 2.27. The highest BCUT2D eigenvalue weighted by atomic mass is 16.5. The highest BCUT2D eigenvalue weighted by molar-refractivity contribution is 5.81. The van der Waals surface area contributed by atoms with Crippen LogP contribution in [0.1, 0.15) is 39.5 Å². The lowest BCUT2D eigenvalue weighted by Gasteiger charge is -2.36. The zero-order chi connectivity index (χ0) is 13.6. The quantitative estimate of drug-likeness (QED) is 0.692. The fraction of sp³-hybridized carbons (Fsp3) is 0.923. The number of carbonyl (C=O) groups is 1. The number of rotatable bonds is 6. The van der Waals surface area contributed by atoms with Crippen LogP contribution in [0.15, 0.2) is 0 Å². The Labute approximate surface area is 109 Å². The number of nitrogens with one attached hydrogen (secondary N) is 1. The van der Waals surface area contributed by atoms with Crippen LogP contribution in [-0.4, -0.2) is 43.9 Å². The van der Waals surface area contributed by atoms with Crippen LogP contribution in [0.5, 0.6) is 0 Å². The predicted octanol–water partition coefficient (Wildman–Crippen LogP) is 0.814. The third-order valence-corrected chi connectivity index (χ3v) is 3.24. The molecule has 1 fully saturated rings. The van der Waals surface area contributed by atoms with Gasteiger partial charge in [-0.1, -0.05) is 0 Å². The minimum atomic E-state index is -0.439. The summed E-state index contributed by atoms with van der Waals surface area (Å²) in [5.41, 5.74) is 5.69. The van der Waals surface area contributed by atoms with Crippen LogP contribution in [0.3, 0.4) is 0 Å². The van der Waals surface area contributed by atoms with Crippen molar-refractivity contribution in [2.45, 2.75) is 57.2 Å². The highest BCUT2D eigenvalue weighted by Gasteiger charge is 2.30. The van der Waals surface area contributed by atoms with Crippen molar-refractivity contribution in [3.05, 3.63) is 0 Å². The minimum Gasteiger partial charge on any atom is -0.385 e. The van der Waals surface area contributed by atoms with Crippen molar-refractivity contribution in [3.63, 3.8) is 0 Å². The third kappa shape index (κ3) is 5.33. The number of hydrogen-bond donors (Lipinski definition) is 2. The van der Waals surface area contributed by atoms with Gasteiger partial charge in [-0.05, 0) is 39.5 Å². The molecule has 0 aromatic heterocycles. The van der Waals surface area contributed by atoms with E-state index in [2.05, 4.69) is 5.32 Å². The Kier molecular flexibility index (Phi) is 6.05. The maximum Gasteiger partial charge on any atom is 0.237 e. The summed E-state index contributed by atoms with van der Waals surface area (Å²) in [6, 6.07) is -0.263. The van der Waals surface area contributed by atoms with E-state index in [4.69, 9.17) is 15.2 Å². The normalized spacial score (nSPS) is 24.6. The second-order valence-corrected chi connectivity index (χ2v) is 5.55. The van der Waals surface area contributed by atoms with Gasteiger partial charge in [-0.15, -0.1) is 0 Å². The Bertz CT molecular complexity index is 269. The number of hydrogen-bond acceptors (Lipinski definition) is 4. The second kappa shape index (κ2) is 7.07. The van der Waals surface area contributed by atoms with Gasteiger partial charge in [0.15, 0.2) is 0 Å². The van der Waals surface area contributed by atoms with E-state index in [1.165, 1.54) is 0 Å². The van der Waals surface area contributed by atoms with Gasteiger partial charge in [-0.3, -0.25) is 4.79 Å². The lowest BCUT2D eigenvalue weighted by atomic mass is 9.93. The van der Waals surface area contributed by atoms with E-state index in [-0.39, 0.29) is 17.6 Å². The molecule has 1 heterocycles. The van der Waals surface area contributed by atoms with Gasteiger partial charge in [0.1, 0.15) is 0 Å². The molecule has 1 rings (SSSR count). The zero-order valence-corrected chi connectivity index (χ0v) is 11.7. The first-order chi connectivity index (χ1) is 8.44. The smallest absolute Gasteiger partial charge is 0.237 e. The topological polar surface area (TPSA) is 73.6 Å². The van der Waals surface area contributed by atoms with Crippen LogP contribution >= 0.6 is 0 Å². The van der Waals surface area contributed by atoms with Crippen LogP contribution in [0.2, 0.25) is 0 Å². The van der Waals surface area contributed by atoms with Gasteiger partial charge in [0, 0.05) is 26.4 Å². The predicted molar refractivity (Wildman–Crippen MR) is 70.3 cm³/mol. The van der Waals surface area contributed by atoms with E-state index >= 15 is 0 Å². The van der Waals surface area contributed by atoms with E-state index in [1.54, 1.807) is 7.11 Å². The van der Waals surface area contributed by atoms with E-state index in [0.29, 0.717) is 19.6 Å². The molecule has 1 aliphatic heterocycles. The Morgan fingerprint density at radius 3 is 2.94 bits per heavy atom. The fourth-order valence-electron chi connectivity index (χ4n) is 2.24. The van der Waals surface area contributed by atoms with Crippen molar-refractivity contribution in [1.29, 1.82) is 0 Å². The molecule has 1 saturated heterocycles. The molecule has 0 spiro atoms. The largest absolute Gasteiger partial charge is 0.385 e. The Hall–Kier alpha value is -0.650. The number of carbonyl (C=O) groups excluding carboxylic acids is 1. The summed E-state index contributed by atoms with van der Waals surface area (Å²) in [6.07, 6.45) is 3.17. The Morgan fingerprint density at radius 1 is 1.61 bits per heavy atom. The monoisotopic (exact) mass is 258 g/mol. The molecular weight excluding hydrogens is 232 g/mol. The second-order valence-electron chi connectivity index (χ2n) is 5.55. The van der Waals surface area contributed by atoms with Gasteiger partial charge in [0.05, 0.1) is 11.6 Å². The lowest BCUT2D eigenvalue weighted by molar-refractivity contribution is -0.125. The summed E-state index contributed by atoms with van der Waals surface area (Å²) in [5, 5.41) is 3.02. The maximum absolute atomic E-state index is 11.9. The molecule has 18 heavy (non-hydrogen) atoms. The number of ether oxygens (including phenoxy) is 2. The number of amides is 1. The molecule has 106 valence electrons. The summed E-state index contributed by atoms with van der Waals surface area (Å²) < 4.78 is 10.6. The molecule has 0 saturated carbocycles. The molecule has 1 aliphatic rings. The summed E-state index contributed by atoms with van der Waals surface area (Å²) in [4.78, 5) is 11.9. The summed E-state index contributed by atoms with van der Waals surface area (Å²) in [7, 11) is 1.65. The number of nitrogens with two attached hydrogens (primary N) is 1. The molecular formula is C13H26N2O3. The molecule has 3 N–H and O–H groups in total. The molecule has 2 unspecified atom stereocenters. The molecule has 5 nitrogen and oxygen atoms in total. The van der Waals surface area contributed by atoms with E-state index in [1.807, 2.05) is 13.8 Å². The van der Waals surface area contributed by atoms with Crippen molar-refractivity contribution in [2.75, 3.05) is 20.3 Å². The molecule has 2 atom stereocenters. The molecule has 0 aromatic carbocycles. The SMILES string of the molecule is COCCCC(N)C(=O)NC1CCOC(C)(C)C1. The number of methoxy groups -OCH3 is 1. The molecule has 0 radical (unpaired) electrons. The summed E-state index contributed by atoms with van der Waals surface area (Å²) >= 11 is 0. The van der Waals surface area contributed by atoms with Crippen molar-refractivity contribution < 1.29 is 14.3 Å². The maximum atomic E-state index is 11.9. The average molecular weight is 258 g/mol. The first kappa shape index (κ1) is 15.4. The van der Waals surface area contributed by atoms with Gasteiger partial charge < -0.3 is 20.5 Å². The lowest BCUT2D eigenvalue weighted by Crippen LogP contribution is -2.50. The molecule has 0 bridgehead atoms. The van der Waals surface area contributed by atoms with Gasteiger partial charge >= 0.3 is 0 Å².